The fraction of sp³-hybridized carbons (Fsp3) is 0.143. The van der Waals surface area contributed by atoms with Crippen molar-refractivity contribution in [1.82, 2.24) is 0 Å². The summed E-state index contributed by atoms with van der Waals surface area (Å²) in [5.41, 5.74) is 3.42. The van der Waals surface area contributed by atoms with Crippen molar-refractivity contribution >= 4 is 11.6 Å². The van der Waals surface area contributed by atoms with E-state index >= 15 is 0 Å². The maximum atomic E-state index is 6.20. The maximum absolute atomic E-state index is 6.20. The van der Waals surface area contributed by atoms with Gasteiger partial charge in [0, 0.05) is 22.6 Å². The lowest BCUT2D eigenvalue weighted by Crippen LogP contribution is -1.89. The standard InChI is InChI=1S/C14H11ClO/c15-13-7-2-1-5-11(13)12-6-3-4-10-8-9-16-14(10)12/h1-7H,8-9H2. The van der Waals surface area contributed by atoms with E-state index in [1.807, 2.05) is 24.3 Å². The minimum Gasteiger partial charge on any atom is -0.492 e. The van der Waals surface area contributed by atoms with Crippen molar-refractivity contribution in [2.24, 2.45) is 0 Å². The van der Waals surface area contributed by atoms with Crippen LogP contribution < -0.4 is 4.74 Å². The molecule has 1 heterocycles. The second-order valence-corrected chi connectivity index (χ2v) is 4.28. The van der Waals surface area contributed by atoms with Gasteiger partial charge in [-0.05, 0) is 11.6 Å². The predicted octanol–water partition coefficient (Wildman–Crippen LogP) is 3.94. The Morgan fingerprint density at radius 1 is 0.938 bits per heavy atom. The van der Waals surface area contributed by atoms with Crippen molar-refractivity contribution in [1.29, 1.82) is 0 Å². The smallest absolute Gasteiger partial charge is 0.130 e. The summed E-state index contributed by atoms with van der Waals surface area (Å²) in [6.07, 6.45) is 0.994. The number of benzene rings is 2. The van der Waals surface area contributed by atoms with Crippen molar-refractivity contribution in [3.8, 4) is 16.9 Å². The maximum Gasteiger partial charge on any atom is 0.130 e. The average molecular weight is 231 g/mol. The Hall–Kier alpha value is -1.47. The second kappa shape index (κ2) is 3.84. The van der Waals surface area contributed by atoms with Gasteiger partial charge in [-0.25, -0.2) is 0 Å². The molecular formula is C14H11ClO. The third-order valence-electron chi connectivity index (χ3n) is 2.88. The highest BCUT2D eigenvalue weighted by Gasteiger charge is 2.17. The molecule has 3 rings (SSSR count). The lowest BCUT2D eigenvalue weighted by molar-refractivity contribution is 0.358. The fourth-order valence-electron chi connectivity index (χ4n) is 2.11. The van der Waals surface area contributed by atoms with E-state index in [4.69, 9.17) is 16.3 Å². The third kappa shape index (κ3) is 1.48. The fourth-order valence-corrected chi connectivity index (χ4v) is 2.34. The van der Waals surface area contributed by atoms with E-state index in [1.54, 1.807) is 0 Å². The van der Waals surface area contributed by atoms with Crippen LogP contribution in [0.4, 0.5) is 0 Å². The number of para-hydroxylation sites is 1. The summed E-state index contributed by atoms with van der Waals surface area (Å²) in [5, 5.41) is 0.770. The third-order valence-corrected chi connectivity index (χ3v) is 3.21. The van der Waals surface area contributed by atoms with Crippen LogP contribution in [0.25, 0.3) is 11.1 Å². The van der Waals surface area contributed by atoms with Crippen molar-refractivity contribution < 1.29 is 4.74 Å². The highest BCUT2D eigenvalue weighted by Crippen LogP contribution is 2.39. The van der Waals surface area contributed by atoms with Crippen molar-refractivity contribution in [3.63, 3.8) is 0 Å². The SMILES string of the molecule is Clc1ccccc1-c1cccc2c1OCC2. The number of ether oxygens (including phenoxy) is 1. The largest absolute Gasteiger partial charge is 0.492 e. The summed E-state index contributed by atoms with van der Waals surface area (Å²) in [5.74, 6) is 0.996. The molecule has 0 saturated carbocycles. The van der Waals surface area contributed by atoms with Crippen molar-refractivity contribution in [2.75, 3.05) is 6.61 Å². The van der Waals surface area contributed by atoms with Crippen LogP contribution in [0.3, 0.4) is 0 Å². The van der Waals surface area contributed by atoms with Crippen LogP contribution in [-0.2, 0) is 6.42 Å². The van der Waals surface area contributed by atoms with Crippen molar-refractivity contribution in [3.05, 3.63) is 53.1 Å². The Labute approximate surface area is 99.6 Å². The van der Waals surface area contributed by atoms with E-state index in [-0.39, 0.29) is 0 Å². The summed E-state index contributed by atoms with van der Waals surface area (Å²) < 4.78 is 5.68. The van der Waals surface area contributed by atoms with E-state index in [2.05, 4.69) is 18.2 Å². The van der Waals surface area contributed by atoms with Gasteiger partial charge in [-0.15, -0.1) is 0 Å². The lowest BCUT2D eigenvalue weighted by Gasteiger charge is -2.09. The molecule has 16 heavy (non-hydrogen) atoms. The van der Waals surface area contributed by atoms with Gasteiger partial charge in [0.1, 0.15) is 5.75 Å². The molecule has 0 aromatic heterocycles. The van der Waals surface area contributed by atoms with Gasteiger partial charge in [0.25, 0.3) is 0 Å². The molecule has 2 aromatic carbocycles. The number of hydrogen-bond acceptors (Lipinski definition) is 1. The number of hydrogen-bond donors (Lipinski definition) is 0. The quantitative estimate of drug-likeness (QED) is 0.721. The molecule has 1 aliphatic heterocycles. The van der Waals surface area contributed by atoms with Gasteiger partial charge in [0.2, 0.25) is 0 Å². The number of rotatable bonds is 1. The Morgan fingerprint density at radius 3 is 2.62 bits per heavy atom. The summed E-state index contributed by atoms with van der Waals surface area (Å²) >= 11 is 6.20. The van der Waals surface area contributed by atoms with E-state index < -0.39 is 0 Å². The summed E-state index contributed by atoms with van der Waals surface area (Å²) in [6.45, 7) is 0.775. The van der Waals surface area contributed by atoms with Gasteiger partial charge in [0.15, 0.2) is 0 Å². The van der Waals surface area contributed by atoms with Gasteiger partial charge < -0.3 is 4.74 Å². The number of halogens is 1. The Balaban J connectivity index is 2.21. The molecule has 1 aliphatic rings. The predicted molar refractivity (Wildman–Crippen MR) is 66.1 cm³/mol. The molecular weight excluding hydrogens is 220 g/mol. The zero-order chi connectivity index (χ0) is 11.0. The molecule has 0 bridgehead atoms. The first-order valence-corrected chi connectivity index (χ1v) is 5.73. The second-order valence-electron chi connectivity index (χ2n) is 3.87. The topological polar surface area (TPSA) is 9.23 Å². The molecule has 0 saturated heterocycles. The highest BCUT2D eigenvalue weighted by atomic mass is 35.5. The van der Waals surface area contributed by atoms with E-state index in [1.165, 1.54) is 5.56 Å². The van der Waals surface area contributed by atoms with E-state index in [9.17, 15) is 0 Å². The van der Waals surface area contributed by atoms with Gasteiger partial charge in [0.05, 0.1) is 6.61 Å². The number of fused-ring (bicyclic) bond motifs is 1. The molecule has 0 radical (unpaired) electrons. The minimum atomic E-state index is 0.770. The zero-order valence-electron chi connectivity index (χ0n) is 8.74. The molecule has 2 aromatic rings. The molecule has 0 atom stereocenters. The molecule has 0 aliphatic carbocycles. The van der Waals surface area contributed by atoms with Crippen LogP contribution in [0.2, 0.25) is 5.02 Å². The molecule has 80 valence electrons. The molecule has 0 unspecified atom stereocenters. The minimum absolute atomic E-state index is 0.770. The first kappa shape index (κ1) is 9.73. The molecule has 0 fully saturated rings. The normalized spacial score (nSPS) is 13.3. The van der Waals surface area contributed by atoms with E-state index in [0.717, 1.165) is 34.9 Å². The van der Waals surface area contributed by atoms with Crippen LogP contribution in [0.1, 0.15) is 5.56 Å². The Morgan fingerprint density at radius 2 is 1.75 bits per heavy atom. The molecule has 1 nitrogen and oxygen atoms in total. The highest BCUT2D eigenvalue weighted by molar-refractivity contribution is 6.33. The molecule has 2 heteroatoms. The van der Waals surface area contributed by atoms with Gasteiger partial charge >= 0.3 is 0 Å². The van der Waals surface area contributed by atoms with Gasteiger partial charge in [-0.2, -0.15) is 0 Å². The van der Waals surface area contributed by atoms with Gasteiger partial charge in [-0.1, -0.05) is 48.0 Å². The van der Waals surface area contributed by atoms with Crippen LogP contribution in [0.15, 0.2) is 42.5 Å². The Kier molecular flexibility index (Phi) is 2.33. The first-order valence-electron chi connectivity index (χ1n) is 5.36. The summed E-state index contributed by atoms with van der Waals surface area (Å²) in [4.78, 5) is 0. The Bertz CT molecular complexity index is 534. The van der Waals surface area contributed by atoms with E-state index in [0.29, 0.717) is 0 Å². The monoisotopic (exact) mass is 230 g/mol. The first-order chi connectivity index (χ1) is 7.86. The van der Waals surface area contributed by atoms with Crippen molar-refractivity contribution in [2.45, 2.75) is 6.42 Å². The summed E-state index contributed by atoms with van der Waals surface area (Å²) in [6, 6.07) is 14.1. The van der Waals surface area contributed by atoms with Crippen LogP contribution in [0.5, 0.6) is 5.75 Å². The van der Waals surface area contributed by atoms with Crippen LogP contribution >= 0.6 is 11.6 Å². The van der Waals surface area contributed by atoms with Crippen LogP contribution in [0, 0.1) is 0 Å². The van der Waals surface area contributed by atoms with Crippen LogP contribution in [-0.4, -0.2) is 6.61 Å². The summed E-state index contributed by atoms with van der Waals surface area (Å²) in [7, 11) is 0. The lowest BCUT2D eigenvalue weighted by atomic mass is 10.0. The zero-order valence-corrected chi connectivity index (χ0v) is 9.50. The average Bonchev–Trinajstić information content (AvgIpc) is 2.77. The molecule has 0 amide bonds. The van der Waals surface area contributed by atoms with Gasteiger partial charge in [-0.3, -0.25) is 0 Å². The molecule has 0 N–H and O–H groups in total. The molecule has 0 spiro atoms.